The van der Waals surface area contributed by atoms with Gasteiger partial charge in [-0.25, -0.2) is 17.9 Å². The van der Waals surface area contributed by atoms with Gasteiger partial charge in [0.1, 0.15) is 0 Å². The molecule has 0 aliphatic rings. The van der Waals surface area contributed by atoms with Crippen molar-refractivity contribution in [2.45, 2.75) is 11.8 Å². The molecule has 2 aromatic rings. The first kappa shape index (κ1) is 15.6. The Morgan fingerprint density at radius 2 is 2.00 bits per heavy atom. The molecule has 8 heteroatoms. The Kier molecular flexibility index (Phi) is 4.84. The summed E-state index contributed by atoms with van der Waals surface area (Å²) < 4.78 is 25.6. The summed E-state index contributed by atoms with van der Waals surface area (Å²) >= 11 is 0. The van der Waals surface area contributed by atoms with Crippen molar-refractivity contribution < 1.29 is 18.0 Å². The Labute approximate surface area is 127 Å². The fourth-order valence-corrected chi connectivity index (χ4v) is 2.36. The molecule has 0 atom stereocenters. The molecule has 2 rings (SSSR count). The van der Waals surface area contributed by atoms with Gasteiger partial charge in [0.2, 0.25) is 0 Å². The lowest BCUT2D eigenvalue weighted by molar-refractivity contribution is 0.158. The van der Waals surface area contributed by atoms with E-state index in [1.165, 1.54) is 24.5 Å². The van der Waals surface area contributed by atoms with Crippen LogP contribution in [0.25, 0.3) is 0 Å². The number of amides is 1. The molecule has 1 amide bonds. The van der Waals surface area contributed by atoms with Crippen LogP contribution in [0.3, 0.4) is 0 Å². The van der Waals surface area contributed by atoms with Crippen LogP contribution < -0.4 is 4.72 Å². The second-order valence-corrected chi connectivity index (χ2v) is 6.00. The summed E-state index contributed by atoms with van der Waals surface area (Å²) in [5.74, 6) is 0. The fraction of sp³-hybridized carbons (Fsp3) is 0.0714. The fourth-order valence-electron chi connectivity index (χ4n) is 1.49. The van der Waals surface area contributed by atoms with Crippen LogP contribution in [0, 0.1) is 6.92 Å². The highest BCUT2D eigenvalue weighted by Gasteiger charge is 2.18. The van der Waals surface area contributed by atoms with Crippen molar-refractivity contribution in [2.75, 3.05) is 0 Å². The van der Waals surface area contributed by atoms with E-state index in [0.29, 0.717) is 5.56 Å². The minimum atomic E-state index is -3.98. The van der Waals surface area contributed by atoms with Gasteiger partial charge in [0.25, 0.3) is 10.0 Å². The van der Waals surface area contributed by atoms with Gasteiger partial charge in [-0.3, -0.25) is 9.82 Å². The summed E-state index contributed by atoms with van der Waals surface area (Å²) in [5, 5.41) is 3.39. The average molecular weight is 319 g/mol. The van der Waals surface area contributed by atoms with E-state index in [4.69, 9.17) is 0 Å². The van der Waals surface area contributed by atoms with Gasteiger partial charge in [0, 0.05) is 18.0 Å². The highest BCUT2D eigenvalue weighted by atomic mass is 32.2. The largest absolute Gasteiger partial charge is 0.447 e. The Bertz CT molecular complexity index is 771. The second-order valence-electron chi connectivity index (χ2n) is 4.32. The third kappa shape index (κ3) is 4.38. The smallest absolute Gasteiger partial charge is 0.297 e. The molecule has 0 saturated carbocycles. The van der Waals surface area contributed by atoms with Crippen molar-refractivity contribution in [3.05, 3.63) is 59.9 Å². The van der Waals surface area contributed by atoms with Crippen LogP contribution >= 0.6 is 0 Å². The van der Waals surface area contributed by atoms with Crippen LogP contribution in [0.15, 0.2) is 58.8 Å². The number of hydrogen-bond acceptors (Lipinski definition) is 6. The van der Waals surface area contributed by atoms with E-state index in [2.05, 4.69) is 15.0 Å². The summed E-state index contributed by atoms with van der Waals surface area (Å²) in [4.78, 5) is 19.7. The number of aryl methyl sites for hydroxylation is 1. The molecule has 0 aliphatic heterocycles. The predicted octanol–water partition coefficient (Wildman–Crippen LogP) is 1.84. The number of nitrogens with one attached hydrogen (secondary N) is 1. The molecule has 0 fully saturated rings. The summed E-state index contributed by atoms with van der Waals surface area (Å²) in [7, 11) is -3.98. The predicted molar refractivity (Wildman–Crippen MR) is 79.8 cm³/mol. The van der Waals surface area contributed by atoms with Gasteiger partial charge in [0.05, 0.1) is 11.1 Å². The molecule has 7 nitrogen and oxygen atoms in total. The van der Waals surface area contributed by atoms with E-state index >= 15 is 0 Å². The number of pyridine rings is 1. The van der Waals surface area contributed by atoms with Crippen molar-refractivity contribution >= 4 is 22.3 Å². The molecule has 0 saturated heterocycles. The number of sulfonamides is 1. The molecular formula is C14H13N3O4S. The number of carbonyl (C=O) groups excluding carboxylic acids is 1. The molecule has 114 valence electrons. The number of benzene rings is 1. The van der Waals surface area contributed by atoms with Crippen LogP contribution in [-0.2, 0) is 14.9 Å². The van der Waals surface area contributed by atoms with Crippen LogP contribution in [-0.4, -0.2) is 25.7 Å². The van der Waals surface area contributed by atoms with Gasteiger partial charge in [-0.1, -0.05) is 28.9 Å². The van der Waals surface area contributed by atoms with E-state index < -0.39 is 16.1 Å². The summed E-state index contributed by atoms with van der Waals surface area (Å²) in [6, 6.07) is 9.42. The monoisotopic (exact) mass is 319 g/mol. The van der Waals surface area contributed by atoms with E-state index in [1.807, 2.05) is 6.92 Å². The Morgan fingerprint density at radius 1 is 1.27 bits per heavy atom. The molecule has 0 radical (unpaired) electrons. The molecule has 1 heterocycles. The van der Waals surface area contributed by atoms with Gasteiger partial charge in [0.15, 0.2) is 0 Å². The lowest BCUT2D eigenvalue weighted by Crippen LogP contribution is -2.30. The number of aromatic nitrogens is 1. The lowest BCUT2D eigenvalue weighted by atomic mass is 10.2. The van der Waals surface area contributed by atoms with Crippen LogP contribution in [0.5, 0.6) is 0 Å². The van der Waals surface area contributed by atoms with Gasteiger partial charge in [-0.2, -0.15) is 0 Å². The minimum absolute atomic E-state index is 0.0358. The quantitative estimate of drug-likeness (QED) is 0.527. The summed E-state index contributed by atoms with van der Waals surface area (Å²) in [6.07, 6.45) is 3.14. The van der Waals surface area contributed by atoms with E-state index in [9.17, 15) is 13.2 Å². The summed E-state index contributed by atoms with van der Waals surface area (Å²) in [5.41, 5.74) is 1.51. The van der Waals surface area contributed by atoms with Crippen molar-refractivity contribution in [1.82, 2.24) is 9.71 Å². The van der Waals surface area contributed by atoms with E-state index in [0.717, 1.165) is 5.56 Å². The topological polar surface area (TPSA) is 97.7 Å². The molecule has 1 N–H and O–H groups in total. The van der Waals surface area contributed by atoms with Crippen molar-refractivity contribution in [2.24, 2.45) is 5.16 Å². The molecule has 1 aromatic carbocycles. The highest BCUT2D eigenvalue weighted by molar-refractivity contribution is 7.90. The maximum absolute atomic E-state index is 11.9. The minimum Gasteiger partial charge on any atom is -0.297 e. The molecule has 0 spiro atoms. The van der Waals surface area contributed by atoms with Crippen LogP contribution in [0.1, 0.15) is 11.1 Å². The molecular weight excluding hydrogens is 306 g/mol. The van der Waals surface area contributed by atoms with E-state index in [-0.39, 0.29) is 4.90 Å². The van der Waals surface area contributed by atoms with Crippen molar-refractivity contribution in [1.29, 1.82) is 0 Å². The van der Waals surface area contributed by atoms with Crippen molar-refractivity contribution in [3.63, 3.8) is 0 Å². The SMILES string of the molecule is Cc1ccc(S(=O)(=O)NC(=O)O/N=C/c2cccnc2)cc1. The Balaban J connectivity index is 1.96. The molecule has 22 heavy (non-hydrogen) atoms. The van der Waals surface area contributed by atoms with Crippen LogP contribution in [0.2, 0.25) is 0 Å². The zero-order valence-electron chi connectivity index (χ0n) is 11.6. The number of carbonyl (C=O) groups is 1. The molecule has 1 aromatic heterocycles. The number of nitrogens with zero attached hydrogens (tertiary/aromatic N) is 2. The number of hydrogen-bond donors (Lipinski definition) is 1. The maximum atomic E-state index is 11.9. The lowest BCUT2D eigenvalue weighted by Gasteiger charge is -2.05. The van der Waals surface area contributed by atoms with Crippen LogP contribution in [0.4, 0.5) is 4.79 Å². The summed E-state index contributed by atoms with van der Waals surface area (Å²) in [6.45, 7) is 1.82. The number of rotatable bonds is 4. The van der Waals surface area contributed by atoms with Gasteiger partial charge in [-0.15, -0.1) is 0 Å². The van der Waals surface area contributed by atoms with Crippen molar-refractivity contribution in [3.8, 4) is 0 Å². The standard InChI is InChI=1S/C14H13N3O4S/c1-11-4-6-13(7-5-11)22(19,20)17-14(18)21-16-10-12-3-2-8-15-9-12/h2-10H,1H3,(H,17,18)/b16-10+. The molecule has 0 aliphatic carbocycles. The Hall–Kier alpha value is -2.74. The van der Waals surface area contributed by atoms with Gasteiger partial charge in [-0.05, 0) is 25.1 Å². The molecule has 0 unspecified atom stereocenters. The van der Waals surface area contributed by atoms with Gasteiger partial charge < -0.3 is 0 Å². The second kappa shape index (κ2) is 6.81. The highest BCUT2D eigenvalue weighted by Crippen LogP contribution is 2.09. The third-order valence-electron chi connectivity index (χ3n) is 2.57. The van der Waals surface area contributed by atoms with Gasteiger partial charge >= 0.3 is 6.09 Å². The number of oxime groups is 1. The van der Waals surface area contributed by atoms with E-state index in [1.54, 1.807) is 35.2 Å². The Morgan fingerprint density at radius 3 is 2.64 bits per heavy atom. The maximum Gasteiger partial charge on any atom is 0.447 e. The zero-order valence-corrected chi connectivity index (χ0v) is 12.4. The first-order valence-corrected chi connectivity index (χ1v) is 7.69. The zero-order chi connectivity index (χ0) is 16.0. The first-order chi connectivity index (χ1) is 10.5. The molecule has 0 bridgehead atoms. The average Bonchev–Trinajstić information content (AvgIpc) is 2.48. The third-order valence-corrected chi connectivity index (χ3v) is 3.90. The first-order valence-electron chi connectivity index (χ1n) is 6.21. The normalized spacial score (nSPS) is 11.3.